The first-order chi connectivity index (χ1) is 12.2. The van der Waals surface area contributed by atoms with E-state index in [-0.39, 0.29) is 11.9 Å². The van der Waals surface area contributed by atoms with Crippen LogP contribution in [0.1, 0.15) is 24.5 Å². The summed E-state index contributed by atoms with van der Waals surface area (Å²) in [6.45, 7) is 5.83. The van der Waals surface area contributed by atoms with Gasteiger partial charge in [0.25, 0.3) is 0 Å². The Hall–Kier alpha value is -2.46. The normalized spacial score (nSPS) is 19.1. The maximum atomic E-state index is 12.6. The highest BCUT2D eigenvalue weighted by molar-refractivity contribution is 5.92. The van der Waals surface area contributed by atoms with E-state index in [1.165, 1.54) is 5.56 Å². The Labute approximate surface area is 149 Å². The van der Waals surface area contributed by atoms with Crippen LogP contribution < -0.4 is 0 Å². The number of carbonyl (C=O) groups excluding carboxylic acids is 1. The van der Waals surface area contributed by atoms with Crippen LogP contribution in [0, 0.1) is 0 Å². The lowest BCUT2D eigenvalue weighted by atomic mass is 10.2. The molecule has 1 aromatic carbocycles. The number of pyridine rings is 1. The molecule has 1 atom stereocenters. The minimum absolute atomic E-state index is 0.0888. The molecular weight excluding hydrogens is 310 g/mol. The fourth-order valence-corrected chi connectivity index (χ4v) is 3.30. The van der Waals surface area contributed by atoms with Gasteiger partial charge >= 0.3 is 0 Å². The van der Waals surface area contributed by atoms with Gasteiger partial charge < -0.3 is 4.90 Å². The second-order valence-corrected chi connectivity index (χ2v) is 6.57. The van der Waals surface area contributed by atoms with E-state index in [9.17, 15) is 4.79 Å². The fraction of sp³-hybridized carbons (Fsp3) is 0.333. The van der Waals surface area contributed by atoms with Gasteiger partial charge in [0.05, 0.1) is 0 Å². The SMILES string of the molecule is C[C@H]1CN(Cc2ccccc2)CCCN1C(=O)/C=C/c1ccncc1. The minimum atomic E-state index is 0.0888. The number of nitrogens with zero attached hydrogens (tertiary/aromatic N) is 3. The van der Waals surface area contributed by atoms with Gasteiger partial charge in [-0.25, -0.2) is 0 Å². The second kappa shape index (κ2) is 8.58. The molecule has 3 rings (SSSR count). The summed E-state index contributed by atoms with van der Waals surface area (Å²) in [5.41, 5.74) is 2.32. The average molecular weight is 335 g/mol. The van der Waals surface area contributed by atoms with Crippen LogP contribution in [0.4, 0.5) is 0 Å². The summed E-state index contributed by atoms with van der Waals surface area (Å²) >= 11 is 0. The highest BCUT2D eigenvalue weighted by atomic mass is 16.2. The zero-order chi connectivity index (χ0) is 17.5. The molecule has 0 N–H and O–H groups in total. The molecule has 1 fully saturated rings. The topological polar surface area (TPSA) is 36.4 Å². The van der Waals surface area contributed by atoms with Crippen molar-refractivity contribution in [3.05, 3.63) is 72.1 Å². The molecule has 130 valence electrons. The molecule has 1 aliphatic heterocycles. The van der Waals surface area contributed by atoms with Gasteiger partial charge in [-0.15, -0.1) is 0 Å². The number of hydrogen-bond acceptors (Lipinski definition) is 3. The van der Waals surface area contributed by atoms with E-state index in [0.29, 0.717) is 0 Å². The predicted octanol–water partition coefficient (Wildman–Crippen LogP) is 3.22. The summed E-state index contributed by atoms with van der Waals surface area (Å²) in [7, 11) is 0. The molecule has 1 aromatic heterocycles. The Morgan fingerprint density at radius 2 is 1.92 bits per heavy atom. The number of amides is 1. The molecule has 0 bridgehead atoms. The van der Waals surface area contributed by atoms with Crippen LogP contribution in [0.3, 0.4) is 0 Å². The van der Waals surface area contributed by atoms with Crippen LogP contribution in [0.15, 0.2) is 60.9 Å². The first-order valence-electron chi connectivity index (χ1n) is 8.87. The van der Waals surface area contributed by atoms with Gasteiger partial charge in [-0.05, 0) is 42.7 Å². The quantitative estimate of drug-likeness (QED) is 0.805. The molecule has 4 nitrogen and oxygen atoms in total. The molecule has 0 aliphatic carbocycles. The molecule has 25 heavy (non-hydrogen) atoms. The molecule has 0 radical (unpaired) electrons. The van der Waals surface area contributed by atoms with E-state index in [1.807, 2.05) is 29.2 Å². The number of aromatic nitrogens is 1. The maximum absolute atomic E-state index is 12.6. The Balaban J connectivity index is 1.60. The summed E-state index contributed by atoms with van der Waals surface area (Å²) in [5, 5.41) is 0. The number of benzene rings is 1. The van der Waals surface area contributed by atoms with Crippen molar-refractivity contribution in [3.63, 3.8) is 0 Å². The average Bonchev–Trinajstić information content (AvgIpc) is 2.82. The third kappa shape index (κ3) is 5.00. The zero-order valence-electron chi connectivity index (χ0n) is 14.7. The molecule has 1 aliphatic rings. The van der Waals surface area contributed by atoms with Gasteiger partial charge in [0.15, 0.2) is 0 Å². The van der Waals surface area contributed by atoms with Crippen LogP contribution in [-0.2, 0) is 11.3 Å². The first kappa shape index (κ1) is 17.4. The fourth-order valence-electron chi connectivity index (χ4n) is 3.30. The molecule has 1 saturated heterocycles. The minimum Gasteiger partial charge on any atom is -0.335 e. The molecule has 2 aromatic rings. The molecule has 0 unspecified atom stereocenters. The van der Waals surface area contributed by atoms with E-state index in [2.05, 4.69) is 41.1 Å². The number of hydrogen-bond donors (Lipinski definition) is 0. The van der Waals surface area contributed by atoms with Crippen LogP contribution >= 0.6 is 0 Å². The Morgan fingerprint density at radius 3 is 2.68 bits per heavy atom. The van der Waals surface area contributed by atoms with Gasteiger partial charge in [-0.3, -0.25) is 14.7 Å². The van der Waals surface area contributed by atoms with Crippen molar-refractivity contribution in [2.45, 2.75) is 25.9 Å². The standard InChI is InChI=1S/C21H25N3O/c1-18-16-23(17-20-6-3-2-4-7-20)14-5-15-24(18)21(25)9-8-19-10-12-22-13-11-19/h2-4,6-13,18H,5,14-17H2,1H3/b9-8+/t18-/m0/s1. The summed E-state index contributed by atoms with van der Waals surface area (Å²) in [5.74, 6) is 0.0888. The Kier molecular flexibility index (Phi) is 5.96. The predicted molar refractivity (Wildman–Crippen MR) is 101 cm³/mol. The lowest BCUT2D eigenvalue weighted by Crippen LogP contribution is -2.41. The third-order valence-electron chi connectivity index (χ3n) is 4.58. The summed E-state index contributed by atoms with van der Waals surface area (Å²) in [4.78, 5) is 21.0. The smallest absolute Gasteiger partial charge is 0.246 e. The lowest BCUT2D eigenvalue weighted by Gasteiger charge is -2.28. The zero-order valence-corrected chi connectivity index (χ0v) is 14.7. The van der Waals surface area contributed by atoms with Crippen LogP contribution in [0.25, 0.3) is 6.08 Å². The van der Waals surface area contributed by atoms with E-state index < -0.39 is 0 Å². The van der Waals surface area contributed by atoms with E-state index in [0.717, 1.165) is 38.2 Å². The monoisotopic (exact) mass is 335 g/mol. The van der Waals surface area contributed by atoms with E-state index in [1.54, 1.807) is 18.5 Å². The molecular formula is C21H25N3O. The largest absolute Gasteiger partial charge is 0.335 e. The molecule has 4 heteroatoms. The van der Waals surface area contributed by atoms with Crippen LogP contribution in [0.5, 0.6) is 0 Å². The molecule has 0 saturated carbocycles. The van der Waals surface area contributed by atoms with Crippen LogP contribution in [0.2, 0.25) is 0 Å². The highest BCUT2D eigenvalue weighted by Crippen LogP contribution is 2.14. The van der Waals surface area contributed by atoms with Crippen molar-refractivity contribution >= 4 is 12.0 Å². The molecule has 1 amide bonds. The van der Waals surface area contributed by atoms with Gasteiger partial charge in [-0.2, -0.15) is 0 Å². The van der Waals surface area contributed by atoms with Crippen molar-refractivity contribution in [1.82, 2.24) is 14.8 Å². The van der Waals surface area contributed by atoms with Crippen molar-refractivity contribution in [2.75, 3.05) is 19.6 Å². The van der Waals surface area contributed by atoms with Crippen molar-refractivity contribution in [2.24, 2.45) is 0 Å². The van der Waals surface area contributed by atoms with Gasteiger partial charge in [-0.1, -0.05) is 30.3 Å². The highest BCUT2D eigenvalue weighted by Gasteiger charge is 2.24. The summed E-state index contributed by atoms with van der Waals surface area (Å²) in [6, 6.07) is 14.5. The van der Waals surface area contributed by atoms with E-state index >= 15 is 0 Å². The summed E-state index contributed by atoms with van der Waals surface area (Å²) in [6.07, 6.45) is 8.02. The third-order valence-corrected chi connectivity index (χ3v) is 4.58. The maximum Gasteiger partial charge on any atom is 0.246 e. The second-order valence-electron chi connectivity index (χ2n) is 6.57. The van der Waals surface area contributed by atoms with Crippen molar-refractivity contribution in [3.8, 4) is 0 Å². The van der Waals surface area contributed by atoms with Gasteiger partial charge in [0.1, 0.15) is 0 Å². The van der Waals surface area contributed by atoms with Crippen LogP contribution in [-0.4, -0.2) is 46.4 Å². The first-order valence-corrected chi connectivity index (χ1v) is 8.87. The number of rotatable bonds is 4. The molecule has 0 spiro atoms. The summed E-state index contributed by atoms with van der Waals surface area (Å²) < 4.78 is 0. The number of carbonyl (C=O) groups is 1. The van der Waals surface area contributed by atoms with Gasteiger partial charge in [0.2, 0.25) is 5.91 Å². The van der Waals surface area contributed by atoms with Crippen molar-refractivity contribution in [1.29, 1.82) is 0 Å². The van der Waals surface area contributed by atoms with Gasteiger partial charge in [0, 0.05) is 50.7 Å². The lowest BCUT2D eigenvalue weighted by molar-refractivity contribution is -0.127. The van der Waals surface area contributed by atoms with E-state index in [4.69, 9.17) is 0 Å². The Morgan fingerprint density at radius 1 is 1.16 bits per heavy atom. The molecule has 2 heterocycles. The Bertz CT molecular complexity index is 700. The van der Waals surface area contributed by atoms with Crippen molar-refractivity contribution < 1.29 is 4.79 Å².